The van der Waals surface area contributed by atoms with Gasteiger partial charge in [0, 0.05) is 12.4 Å². The molecule has 1 aromatic heterocycles. The van der Waals surface area contributed by atoms with Crippen molar-refractivity contribution in [3.8, 4) is 0 Å². The maximum atomic E-state index is 5.72. The van der Waals surface area contributed by atoms with Crippen molar-refractivity contribution in [3.05, 3.63) is 30.0 Å². The molecular weight excluding hydrogens is 236 g/mol. The molecule has 1 heterocycles. The highest BCUT2D eigenvalue weighted by Crippen LogP contribution is 2.26. The average Bonchev–Trinajstić information content (AvgIpc) is 2.73. The van der Waals surface area contributed by atoms with Gasteiger partial charge in [0.15, 0.2) is 0 Å². The Hall–Kier alpha value is -1.39. The normalized spacial score (nSPS) is 13.3. The van der Waals surface area contributed by atoms with Crippen molar-refractivity contribution < 1.29 is 0 Å². The van der Waals surface area contributed by atoms with E-state index < -0.39 is 0 Å². The van der Waals surface area contributed by atoms with E-state index in [1.54, 1.807) is 0 Å². The zero-order valence-corrected chi connectivity index (χ0v) is 12.1. The van der Waals surface area contributed by atoms with Crippen LogP contribution in [0.25, 0.3) is 10.9 Å². The number of benzene rings is 1. The molecule has 104 valence electrons. The summed E-state index contributed by atoms with van der Waals surface area (Å²) in [5.41, 5.74) is 5.14. The van der Waals surface area contributed by atoms with Crippen LogP contribution in [0.4, 0.5) is 0 Å². The fraction of sp³-hybridized carbons (Fsp3) is 0.533. The van der Waals surface area contributed by atoms with Crippen molar-refractivity contribution in [2.24, 2.45) is 18.8 Å². The number of nitrogens with zero attached hydrogens (tertiary/aromatic N) is 2. The molecule has 0 spiro atoms. The number of aryl methyl sites for hydroxylation is 1. The molecular formula is C15H24N4. The van der Waals surface area contributed by atoms with Gasteiger partial charge < -0.3 is 0 Å². The molecule has 0 aliphatic carbocycles. The Labute approximate surface area is 114 Å². The molecule has 2 aromatic rings. The second-order valence-corrected chi connectivity index (χ2v) is 5.57. The molecule has 0 radical (unpaired) electrons. The second kappa shape index (κ2) is 6.17. The van der Waals surface area contributed by atoms with E-state index in [2.05, 4.69) is 42.6 Å². The minimum absolute atomic E-state index is 0.129. The van der Waals surface area contributed by atoms with Crippen LogP contribution in [0.15, 0.2) is 24.3 Å². The number of fused-ring (bicyclic) bond motifs is 1. The summed E-state index contributed by atoms with van der Waals surface area (Å²) >= 11 is 0. The zero-order chi connectivity index (χ0) is 13.8. The fourth-order valence-corrected chi connectivity index (χ4v) is 2.53. The van der Waals surface area contributed by atoms with Crippen LogP contribution in [0.3, 0.4) is 0 Å². The molecule has 3 N–H and O–H groups in total. The van der Waals surface area contributed by atoms with E-state index in [1.807, 2.05) is 17.8 Å². The largest absolute Gasteiger partial charge is 0.271 e. The Bertz CT molecular complexity index is 530. The van der Waals surface area contributed by atoms with Crippen LogP contribution in [0.5, 0.6) is 0 Å². The highest BCUT2D eigenvalue weighted by Gasteiger charge is 2.17. The third-order valence-corrected chi connectivity index (χ3v) is 3.59. The van der Waals surface area contributed by atoms with Crippen LogP contribution >= 0.6 is 0 Å². The van der Waals surface area contributed by atoms with Crippen molar-refractivity contribution in [2.45, 2.75) is 39.2 Å². The first-order chi connectivity index (χ1) is 9.13. The third kappa shape index (κ3) is 3.14. The lowest BCUT2D eigenvalue weighted by atomic mass is 10.00. The van der Waals surface area contributed by atoms with Gasteiger partial charge in [0.05, 0.1) is 17.3 Å². The van der Waals surface area contributed by atoms with Crippen LogP contribution in [-0.4, -0.2) is 9.78 Å². The van der Waals surface area contributed by atoms with Gasteiger partial charge in [-0.2, -0.15) is 5.10 Å². The van der Waals surface area contributed by atoms with Gasteiger partial charge in [0.2, 0.25) is 0 Å². The quantitative estimate of drug-likeness (QED) is 0.620. The number of nitrogens with one attached hydrogen (secondary N) is 1. The summed E-state index contributed by atoms with van der Waals surface area (Å²) in [5.74, 6) is 6.46. The van der Waals surface area contributed by atoms with Crippen molar-refractivity contribution >= 4 is 10.9 Å². The maximum Gasteiger partial charge on any atom is 0.0886 e. The number of hydrogen-bond donors (Lipinski definition) is 2. The summed E-state index contributed by atoms with van der Waals surface area (Å²) in [6.45, 7) is 4.50. The molecule has 0 aliphatic rings. The Kier molecular flexibility index (Phi) is 4.56. The molecule has 0 saturated heterocycles. The summed E-state index contributed by atoms with van der Waals surface area (Å²) in [6.07, 6.45) is 3.41. The maximum absolute atomic E-state index is 5.72. The molecule has 19 heavy (non-hydrogen) atoms. The van der Waals surface area contributed by atoms with E-state index in [9.17, 15) is 0 Å². The van der Waals surface area contributed by atoms with Gasteiger partial charge in [0.1, 0.15) is 0 Å². The predicted octanol–water partition coefficient (Wildman–Crippen LogP) is 2.90. The molecule has 4 heteroatoms. The smallest absolute Gasteiger partial charge is 0.0886 e. The van der Waals surface area contributed by atoms with E-state index in [-0.39, 0.29) is 6.04 Å². The van der Waals surface area contributed by atoms with Gasteiger partial charge in [-0.3, -0.25) is 16.0 Å². The summed E-state index contributed by atoms with van der Waals surface area (Å²) in [5, 5.41) is 5.82. The molecule has 0 fully saturated rings. The summed E-state index contributed by atoms with van der Waals surface area (Å²) in [4.78, 5) is 0. The number of hydrogen-bond acceptors (Lipinski definition) is 3. The number of nitrogens with two attached hydrogens (primary N) is 1. The first-order valence-corrected chi connectivity index (χ1v) is 7.01. The summed E-state index contributed by atoms with van der Waals surface area (Å²) < 4.78 is 1.93. The fourth-order valence-electron chi connectivity index (χ4n) is 2.53. The molecule has 1 unspecified atom stereocenters. The average molecular weight is 260 g/mol. The van der Waals surface area contributed by atoms with Crippen molar-refractivity contribution in [3.63, 3.8) is 0 Å². The summed E-state index contributed by atoms with van der Waals surface area (Å²) in [6, 6.07) is 8.43. The third-order valence-electron chi connectivity index (χ3n) is 3.59. The van der Waals surface area contributed by atoms with Crippen LogP contribution in [0.2, 0.25) is 0 Å². The van der Waals surface area contributed by atoms with Crippen molar-refractivity contribution in [1.29, 1.82) is 0 Å². The van der Waals surface area contributed by atoms with Gasteiger partial charge in [-0.15, -0.1) is 0 Å². The van der Waals surface area contributed by atoms with Crippen molar-refractivity contribution in [1.82, 2.24) is 15.2 Å². The lowest BCUT2D eigenvalue weighted by Crippen LogP contribution is -2.28. The molecule has 2 rings (SSSR count). The van der Waals surface area contributed by atoms with Crippen molar-refractivity contribution in [2.75, 3.05) is 0 Å². The Morgan fingerprint density at radius 1 is 1.26 bits per heavy atom. The van der Waals surface area contributed by atoms with E-state index in [4.69, 9.17) is 5.84 Å². The molecule has 0 amide bonds. The molecule has 4 nitrogen and oxygen atoms in total. The topological polar surface area (TPSA) is 55.9 Å². The SMILES string of the molecule is CC(C)CCCC(NN)c1nn(C)c2ccccc12. The molecule has 0 aliphatic heterocycles. The monoisotopic (exact) mass is 260 g/mol. The number of hydrazine groups is 1. The highest BCUT2D eigenvalue weighted by molar-refractivity contribution is 5.82. The molecule has 1 aromatic carbocycles. The first kappa shape index (κ1) is 14.0. The molecule has 1 atom stereocenters. The van der Waals surface area contributed by atoms with E-state index in [0.29, 0.717) is 0 Å². The van der Waals surface area contributed by atoms with Gasteiger partial charge in [-0.25, -0.2) is 0 Å². The van der Waals surface area contributed by atoms with Gasteiger partial charge in [0.25, 0.3) is 0 Å². The van der Waals surface area contributed by atoms with Gasteiger partial charge in [-0.1, -0.05) is 44.9 Å². The minimum Gasteiger partial charge on any atom is -0.271 e. The van der Waals surface area contributed by atoms with Gasteiger partial charge >= 0.3 is 0 Å². The van der Waals surface area contributed by atoms with E-state index in [0.717, 1.165) is 30.0 Å². The Morgan fingerprint density at radius 2 is 2.00 bits per heavy atom. The van der Waals surface area contributed by atoms with Crippen LogP contribution in [-0.2, 0) is 7.05 Å². The Morgan fingerprint density at radius 3 is 2.68 bits per heavy atom. The zero-order valence-electron chi connectivity index (χ0n) is 12.1. The lowest BCUT2D eigenvalue weighted by molar-refractivity contribution is 0.447. The summed E-state index contributed by atoms with van der Waals surface area (Å²) in [7, 11) is 1.98. The van der Waals surface area contributed by atoms with Gasteiger partial charge in [-0.05, 0) is 18.4 Å². The van der Waals surface area contributed by atoms with E-state index >= 15 is 0 Å². The highest BCUT2D eigenvalue weighted by atomic mass is 15.3. The lowest BCUT2D eigenvalue weighted by Gasteiger charge is -2.14. The minimum atomic E-state index is 0.129. The molecule has 0 bridgehead atoms. The standard InChI is InChI=1S/C15H24N4/c1-11(2)7-6-9-13(17-16)15-12-8-4-5-10-14(12)19(3)18-15/h4-5,8,10-11,13,17H,6-7,9,16H2,1-3H3. The van der Waals surface area contributed by atoms with Crippen LogP contribution in [0.1, 0.15) is 44.8 Å². The van der Waals surface area contributed by atoms with Crippen LogP contribution in [0, 0.1) is 5.92 Å². The Balaban J connectivity index is 2.21. The van der Waals surface area contributed by atoms with E-state index in [1.165, 1.54) is 11.8 Å². The predicted molar refractivity (Wildman–Crippen MR) is 79.5 cm³/mol. The van der Waals surface area contributed by atoms with Crippen LogP contribution < -0.4 is 11.3 Å². The second-order valence-electron chi connectivity index (χ2n) is 5.57. The molecule has 0 saturated carbocycles. The first-order valence-electron chi connectivity index (χ1n) is 7.01. The number of rotatable bonds is 6. The number of para-hydroxylation sites is 1. The number of aromatic nitrogens is 2.